The van der Waals surface area contributed by atoms with Crippen molar-refractivity contribution in [2.45, 2.75) is 24.6 Å². The number of ether oxygens (including phenoxy) is 2. The zero-order chi connectivity index (χ0) is 28.0. The summed E-state index contributed by atoms with van der Waals surface area (Å²) in [5.41, 5.74) is -3.38. The molecule has 11 heteroatoms. The molecule has 0 radical (unpaired) electrons. The fourth-order valence-corrected chi connectivity index (χ4v) is 4.77. The van der Waals surface area contributed by atoms with Crippen LogP contribution in [0.1, 0.15) is 34.3 Å². The first kappa shape index (κ1) is 27.4. The summed E-state index contributed by atoms with van der Waals surface area (Å²) in [6.07, 6.45) is -5.13. The number of fused-ring (bicyclic) bond motifs is 1. The Balaban J connectivity index is 1.75. The topological polar surface area (TPSA) is 76.1 Å². The second-order valence-electron chi connectivity index (χ2n) is 8.83. The summed E-state index contributed by atoms with van der Waals surface area (Å²) in [4.78, 5) is 24.8. The van der Waals surface area contributed by atoms with Crippen LogP contribution in [-0.2, 0) is 15.1 Å². The molecule has 2 atom stereocenters. The Hall–Kier alpha value is -3.63. The molecule has 1 aliphatic rings. The number of anilines is 1. The molecule has 1 heterocycles. The summed E-state index contributed by atoms with van der Waals surface area (Å²) < 4.78 is 67.7. The number of benzene rings is 3. The van der Waals surface area contributed by atoms with Crippen LogP contribution in [-0.4, -0.2) is 43.9 Å². The standard InChI is InChI=1S/C27H22ClF4NO5/c1-14(18-7-4-15(10-20(18)28)16-5-8-19(21(29)11-16)25(35)37-3)26(36,27(30,31)32)17-6-9-23-22(12-17)33(2)24(34)13-38-23/h4-12,14,36H,13H2,1-3H3. The lowest BCUT2D eigenvalue weighted by atomic mass is 9.77. The molecule has 1 aliphatic heterocycles. The van der Waals surface area contributed by atoms with Gasteiger partial charge in [-0.1, -0.05) is 42.8 Å². The molecule has 0 spiro atoms. The maximum atomic E-state index is 14.5. The third-order valence-corrected chi connectivity index (χ3v) is 7.05. The fraction of sp³-hybridized carbons (Fsp3) is 0.259. The first-order valence-corrected chi connectivity index (χ1v) is 11.7. The number of esters is 1. The SMILES string of the molecule is COC(=O)c1ccc(-c2ccc(C(C)C(O)(c3ccc4c(c3)N(C)C(=O)CO4)C(F)(F)F)c(Cl)c2)cc1F. The lowest BCUT2D eigenvalue weighted by Gasteiger charge is -2.38. The van der Waals surface area contributed by atoms with E-state index in [1.54, 1.807) is 0 Å². The monoisotopic (exact) mass is 551 g/mol. The minimum Gasteiger partial charge on any atom is -0.482 e. The van der Waals surface area contributed by atoms with Crippen molar-refractivity contribution >= 4 is 29.2 Å². The summed E-state index contributed by atoms with van der Waals surface area (Å²) in [7, 11) is 2.52. The van der Waals surface area contributed by atoms with Gasteiger partial charge in [-0.3, -0.25) is 4.79 Å². The number of halogens is 5. The van der Waals surface area contributed by atoms with Crippen LogP contribution >= 0.6 is 11.6 Å². The van der Waals surface area contributed by atoms with Crippen LogP contribution in [0.15, 0.2) is 54.6 Å². The molecule has 0 saturated carbocycles. The number of hydrogen-bond acceptors (Lipinski definition) is 5. The molecule has 1 amide bonds. The third-order valence-electron chi connectivity index (χ3n) is 6.72. The van der Waals surface area contributed by atoms with E-state index >= 15 is 0 Å². The number of rotatable bonds is 5. The Labute approximate surface area is 220 Å². The first-order valence-electron chi connectivity index (χ1n) is 11.3. The van der Waals surface area contributed by atoms with Crippen LogP contribution in [0.3, 0.4) is 0 Å². The molecule has 38 heavy (non-hydrogen) atoms. The number of aliphatic hydroxyl groups is 1. The van der Waals surface area contributed by atoms with Gasteiger partial charge in [-0.05, 0) is 52.6 Å². The lowest BCUT2D eigenvalue weighted by molar-refractivity contribution is -0.274. The molecule has 0 bridgehead atoms. The Kier molecular flexibility index (Phi) is 7.15. The number of carbonyl (C=O) groups excluding carboxylic acids is 2. The van der Waals surface area contributed by atoms with Gasteiger partial charge in [0.25, 0.3) is 5.91 Å². The number of nitrogens with zero attached hydrogens (tertiary/aromatic N) is 1. The Morgan fingerprint density at radius 2 is 1.76 bits per heavy atom. The van der Waals surface area contributed by atoms with E-state index < -0.39 is 41.0 Å². The zero-order valence-electron chi connectivity index (χ0n) is 20.4. The molecule has 0 aromatic heterocycles. The first-order chi connectivity index (χ1) is 17.8. The van der Waals surface area contributed by atoms with Crippen LogP contribution in [0.25, 0.3) is 11.1 Å². The van der Waals surface area contributed by atoms with Gasteiger partial charge < -0.3 is 19.5 Å². The van der Waals surface area contributed by atoms with Gasteiger partial charge >= 0.3 is 12.1 Å². The number of methoxy groups -OCH3 is 1. The van der Waals surface area contributed by atoms with Gasteiger partial charge in [0.15, 0.2) is 12.2 Å². The largest absolute Gasteiger partial charge is 0.482 e. The van der Waals surface area contributed by atoms with Gasteiger partial charge in [0, 0.05) is 18.0 Å². The number of amides is 1. The number of alkyl halides is 3. The van der Waals surface area contributed by atoms with Crippen molar-refractivity contribution in [1.29, 1.82) is 0 Å². The van der Waals surface area contributed by atoms with Gasteiger partial charge in [-0.15, -0.1) is 0 Å². The molecular formula is C27H22ClF4NO5. The second kappa shape index (κ2) is 9.92. The lowest BCUT2D eigenvalue weighted by Crippen LogP contribution is -2.47. The second-order valence-corrected chi connectivity index (χ2v) is 9.24. The van der Waals surface area contributed by atoms with Crippen molar-refractivity contribution in [3.05, 3.63) is 82.1 Å². The maximum absolute atomic E-state index is 14.5. The van der Waals surface area contributed by atoms with Gasteiger partial charge in [0.05, 0.1) is 18.4 Å². The highest BCUT2D eigenvalue weighted by Crippen LogP contribution is 2.51. The van der Waals surface area contributed by atoms with Crippen LogP contribution in [0.4, 0.5) is 23.2 Å². The van der Waals surface area contributed by atoms with Gasteiger partial charge in [-0.25, -0.2) is 9.18 Å². The molecule has 0 saturated heterocycles. The van der Waals surface area contributed by atoms with E-state index in [1.807, 2.05) is 0 Å². The fourth-order valence-electron chi connectivity index (χ4n) is 4.42. The summed E-state index contributed by atoms with van der Waals surface area (Å²) in [5.74, 6) is -3.53. The number of hydrogen-bond donors (Lipinski definition) is 1. The normalized spacial score (nSPS) is 15.8. The van der Waals surface area contributed by atoms with Gasteiger partial charge in [-0.2, -0.15) is 13.2 Å². The van der Waals surface area contributed by atoms with Crippen LogP contribution in [0, 0.1) is 5.82 Å². The molecule has 4 rings (SSSR count). The minimum atomic E-state index is -5.13. The van der Waals surface area contributed by atoms with E-state index in [0.717, 1.165) is 30.2 Å². The predicted molar refractivity (Wildman–Crippen MR) is 132 cm³/mol. The molecular weight excluding hydrogens is 530 g/mol. The predicted octanol–water partition coefficient (Wildman–Crippen LogP) is 5.84. The van der Waals surface area contributed by atoms with Crippen LogP contribution < -0.4 is 9.64 Å². The molecule has 0 aliphatic carbocycles. The summed E-state index contributed by atoms with van der Waals surface area (Å²) in [6, 6.07) is 11.3. The molecule has 0 fully saturated rings. The summed E-state index contributed by atoms with van der Waals surface area (Å²) >= 11 is 6.40. The average molecular weight is 552 g/mol. The smallest absolute Gasteiger partial charge is 0.422 e. The summed E-state index contributed by atoms with van der Waals surface area (Å²) in [5, 5.41) is 11.1. The van der Waals surface area contributed by atoms with Crippen molar-refractivity contribution in [2.75, 3.05) is 25.7 Å². The molecule has 2 unspecified atom stereocenters. The highest BCUT2D eigenvalue weighted by Gasteiger charge is 2.59. The highest BCUT2D eigenvalue weighted by molar-refractivity contribution is 6.31. The molecule has 6 nitrogen and oxygen atoms in total. The Morgan fingerprint density at radius 1 is 1.11 bits per heavy atom. The molecule has 200 valence electrons. The third kappa shape index (κ3) is 4.58. The van der Waals surface area contributed by atoms with Crippen molar-refractivity contribution in [1.82, 2.24) is 0 Å². The van der Waals surface area contributed by atoms with Crippen LogP contribution in [0.5, 0.6) is 5.75 Å². The highest BCUT2D eigenvalue weighted by atomic mass is 35.5. The number of likely N-dealkylation sites (N-methyl/N-ethyl adjacent to an activating group) is 1. The van der Waals surface area contributed by atoms with Crippen molar-refractivity contribution in [3.8, 4) is 16.9 Å². The van der Waals surface area contributed by atoms with Gasteiger partial charge in [0.1, 0.15) is 11.6 Å². The molecule has 1 N–H and O–H groups in total. The van der Waals surface area contributed by atoms with Gasteiger partial charge in [0.2, 0.25) is 0 Å². The summed E-state index contributed by atoms with van der Waals surface area (Å²) in [6.45, 7) is 0.935. The Morgan fingerprint density at radius 3 is 2.37 bits per heavy atom. The molecule has 3 aromatic rings. The minimum absolute atomic E-state index is 0.0136. The Bertz CT molecular complexity index is 1430. The quantitative estimate of drug-likeness (QED) is 0.318. The van der Waals surface area contributed by atoms with E-state index in [2.05, 4.69) is 4.74 Å². The maximum Gasteiger partial charge on any atom is 0.422 e. The van der Waals surface area contributed by atoms with Crippen molar-refractivity contribution in [3.63, 3.8) is 0 Å². The van der Waals surface area contributed by atoms with E-state index in [-0.39, 0.29) is 34.2 Å². The van der Waals surface area contributed by atoms with E-state index in [0.29, 0.717) is 11.1 Å². The van der Waals surface area contributed by atoms with E-state index in [9.17, 15) is 32.3 Å². The van der Waals surface area contributed by atoms with E-state index in [1.165, 1.54) is 50.4 Å². The van der Waals surface area contributed by atoms with Crippen molar-refractivity contribution < 1.29 is 41.7 Å². The van der Waals surface area contributed by atoms with Crippen molar-refractivity contribution in [2.24, 2.45) is 0 Å². The zero-order valence-corrected chi connectivity index (χ0v) is 21.2. The van der Waals surface area contributed by atoms with Crippen LogP contribution in [0.2, 0.25) is 5.02 Å². The average Bonchev–Trinajstić information content (AvgIpc) is 2.88. The number of carbonyl (C=O) groups is 2. The van der Waals surface area contributed by atoms with E-state index in [4.69, 9.17) is 16.3 Å². The molecule has 3 aromatic carbocycles.